The van der Waals surface area contributed by atoms with Crippen molar-refractivity contribution in [3.63, 3.8) is 0 Å². The van der Waals surface area contributed by atoms with Crippen molar-refractivity contribution in [3.05, 3.63) is 52.4 Å². The van der Waals surface area contributed by atoms with Crippen molar-refractivity contribution in [2.75, 3.05) is 19.6 Å². The summed E-state index contributed by atoms with van der Waals surface area (Å²) in [5.41, 5.74) is 4.88. The van der Waals surface area contributed by atoms with Gasteiger partial charge in [0, 0.05) is 31.1 Å². The molecule has 3 heterocycles. The average molecular weight is 353 g/mol. The van der Waals surface area contributed by atoms with Gasteiger partial charge in [0.25, 0.3) is 0 Å². The van der Waals surface area contributed by atoms with Crippen LogP contribution in [-0.4, -0.2) is 40.5 Å². The van der Waals surface area contributed by atoms with Gasteiger partial charge in [0.15, 0.2) is 0 Å². The number of aromatic nitrogens is 1. The van der Waals surface area contributed by atoms with Crippen LogP contribution >= 0.6 is 0 Å². The summed E-state index contributed by atoms with van der Waals surface area (Å²) in [7, 11) is 0. The van der Waals surface area contributed by atoms with Crippen LogP contribution in [0.1, 0.15) is 41.0 Å². The van der Waals surface area contributed by atoms with E-state index in [1.807, 2.05) is 13.8 Å². The highest BCUT2D eigenvalue weighted by atomic mass is 16.5. The Balaban J connectivity index is 1.33. The largest absolute Gasteiger partial charge is 0.361 e. The molecule has 138 valence electrons. The molecular formula is C21H27N3O2. The van der Waals surface area contributed by atoms with Gasteiger partial charge in [-0.15, -0.1) is 0 Å². The monoisotopic (exact) mass is 353 g/mol. The first-order valence-corrected chi connectivity index (χ1v) is 9.61. The second kappa shape index (κ2) is 7.23. The van der Waals surface area contributed by atoms with Gasteiger partial charge in [-0.1, -0.05) is 29.4 Å². The second-order valence-electron chi connectivity index (χ2n) is 7.63. The Morgan fingerprint density at radius 1 is 1.15 bits per heavy atom. The molecule has 0 aliphatic carbocycles. The topological polar surface area (TPSA) is 49.6 Å². The molecule has 1 fully saturated rings. The van der Waals surface area contributed by atoms with E-state index in [0.29, 0.717) is 5.91 Å². The van der Waals surface area contributed by atoms with Crippen LogP contribution in [0.25, 0.3) is 0 Å². The van der Waals surface area contributed by atoms with Crippen molar-refractivity contribution < 1.29 is 9.32 Å². The van der Waals surface area contributed by atoms with Gasteiger partial charge in [0.2, 0.25) is 5.91 Å². The van der Waals surface area contributed by atoms with E-state index in [0.717, 1.165) is 63.4 Å². The normalized spacial score (nSPS) is 18.8. The second-order valence-corrected chi connectivity index (χ2v) is 7.63. The maximum atomic E-state index is 13.0. The molecule has 1 aromatic carbocycles. The van der Waals surface area contributed by atoms with Crippen LogP contribution in [0.2, 0.25) is 0 Å². The SMILES string of the molecule is Cc1noc(C)c1CN1CCC(C(=O)N2CCc3ccccc3C2)CC1. The molecule has 2 aliphatic heterocycles. The zero-order chi connectivity index (χ0) is 18.1. The Labute approximate surface area is 155 Å². The number of rotatable bonds is 3. The minimum Gasteiger partial charge on any atom is -0.361 e. The minimum atomic E-state index is 0.168. The van der Waals surface area contributed by atoms with E-state index < -0.39 is 0 Å². The summed E-state index contributed by atoms with van der Waals surface area (Å²) in [6.45, 7) is 8.40. The van der Waals surface area contributed by atoms with Crippen molar-refractivity contribution >= 4 is 5.91 Å². The molecule has 1 aromatic heterocycles. The molecule has 5 nitrogen and oxygen atoms in total. The van der Waals surface area contributed by atoms with Crippen molar-refractivity contribution in [1.29, 1.82) is 0 Å². The maximum Gasteiger partial charge on any atom is 0.226 e. The molecule has 2 aliphatic rings. The number of hydrogen-bond donors (Lipinski definition) is 0. The predicted molar refractivity (Wildman–Crippen MR) is 99.5 cm³/mol. The summed E-state index contributed by atoms with van der Waals surface area (Å²) in [6, 6.07) is 8.50. The molecule has 1 amide bonds. The van der Waals surface area contributed by atoms with Crippen LogP contribution in [0.4, 0.5) is 0 Å². The van der Waals surface area contributed by atoms with Crippen molar-refractivity contribution in [2.45, 2.75) is 46.2 Å². The third kappa shape index (κ3) is 3.40. The molecule has 0 radical (unpaired) electrons. The van der Waals surface area contributed by atoms with Crippen LogP contribution < -0.4 is 0 Å². The Kier molecular flexibility index (Phi) is 4.81. The number of hydrogen-bond acceptors (Lipinski definition) is 4. The standard InChI is InChI=1S/C21H27N3O2/c1-15-20(16(2)26-22-15)14-23-10-7-18(8-11-23)21(25)24-12-9-17-5-3-4-6-19(17)13-24/h3-6,18H,7-14H2,1-2H3. The van der Waals surface area contributed by atoms with Gasteiger partial charge in [0.05, 0.1) is 5.69 Å². The zero-order valence-corrected chi connectivity index (χ0v) is 15.7. The summed E-state index contributed by atoms with van der Waals surface area (Å²) in [4.78, 5) is 17.5. The predicted octanol–water partition coefficient (Wildman–Crippen LogP) is 3.09. The van der Waals surface area contributed by atoms with Gasteiger partial charge >= 0.3 is 0 Å². The number of benzene rings is 1. The van der Waals surface area contributed by atoms with E-state index in [2.05, 4.69) is 39.2 Å². The van der Waals surface area contributed by atoms with E-state index in [-0.39, 0.29) is 5.92 Å². The van der Waals surface area contributed by atoms with E-state index in [9.17, 15) is 4.79 Å². The van der Waals surface area contributed by atoms with Gasteiger partial charge in [-0.2, -0.15) is 0 Å². The summed E-state index contributed by atoms with van der Waals surface area (Å²) in [6.07, 6.45) is 2.87. The number of likely N-dealkylation sites (tertiary alicyclic amines) is 1. The fourth-order valence-corrected chi connectivity index (χ4v) is 4.23. The molecule has 0 spiro atoms. The summed E-state index contributed by atoms with van der Waals surface area (Å²) in [5.74, 6) is 1.42. The van der Waals surface area contributed by atoms with Gasteiger partial charge in [0.1, 0.15) is 5.76 Å². The van der Waals surface area contributed by atoms with Crippen molar-refractivity contribution in [1.82, 2.24) is 15.0 Å². The Morgan fingerprint density at radius 2 is 1.88 bits per heavy atom. The number of amides is 1. The van der Waals surface area contributed by atoms with Crippen LogP contribution in [0.15, 0.2) is 28.8 Å². The number of piperidine rings is 1. The molecule has 0 atom stereocenters. The first-order valence-electron chi connectivity index (χ1n) is 9.61. The van der Waals surface area contributed by atoms with Gasteiger partial charge in [-0.05, 0) is 57.3 Å². The minimum absolute atomic E-state index is 0.168. The molecule has 1 saturated heterocycles. The number of carbonyl (C=O) groups is 1. The van der Waals surface area contributed by atoms with Gasteiger partial charge in [-0.3, -0.25) is 9.69 Å². The highest BCUT2D eigenvalue weighted by molar-refractivity contribution is 5.79. The van der Waals surface area contributed by atoms with Crippen molar-refractivity contribution in [2.24, 2.45) is 5.92 Å². The highest BCUT2D eigenvalue weighted by Gasteiger charge is 2.30. The Hall–Kier alpha value is -2.14. The quantitative estimate of drug-likeness (QED) is 0.851. The number of aryl methyl sites for hydroxylation is 2. The first-order chi connectivity index (χ1) is 12.6. The molecule has 0 N–H and O–H groups in total. The lowest BCUT2D eigenvalue weighted by molar-refractivity contribution is -0.138. The number of carbonyl (C=O) groups excluding carboxylic acids is 1. The van der Waals surface area contributed by atoms with E-state index in [1.54, 1.807) is 0 Å². The van der Waals surface area contributed by atoms with Crippen LogP contribution in [0, 0.1) is 19.8 Å². The maximum absolute atomic E-state index is 13.0. The highest BCUT2D eigenvalue weighted by Crippen LogP contribution is 2.26. The summed E-state index contributed by atoms with van der Waals surface area (Å²) < 4.78 is 5.27. The van der Waals surface area contributed by atoms with Crippen LogP contribution in [0.3, 0.4) is 0 Å². The summed E-state index contributed by atoms with van der Waals surface area (Å²) >= 11 is 0. The zero-order valence-electron chi connectivity index (χ0n) is 15.7. The molecule has 2 aromatic rings. The fourth-order valence-electron chi connectivity index (χ4n) is 4.23. The smallest absolute Gasteiger partial charge is 0.226 e. The molecule has 0 saturated carbocycles. The molecule has 4 rings (SSSR count). The Bertz CT molecular complexity index is 771. The molecule has 0 unspecified atom stereocenters. The number of fused-ring (bicyclic) bond motifs is 1. The van der Waals surface area contributed by atoms with Crippen LogP contribution in [-0.2, 0) is 24.3 Å². The van der Waals surface area contributed by atoms with Crippen molar-refractivity contribution in [3.8, 4) is 0 Å². The molecular weight excluding hydrogens is 326 g/mol. The Morgan fingerprint density at radius 3 is 2.58 bits per heavy atom. The van der Waals surface area contributed by atoms with Gasteiger partial charge in [-0.25, -0.2) is 0 Å². The van der Waals surface area contributed by atoms with Crippen LogP contribution in [0.5, 0.6) is 0 Å². The lowest BCUT2D eigenvalue weighted by Crippen LogP contribution is -2.44. The number of nitrogens with zero attached hydrogens (tertiary/aromatic N) is 3. The van der Waals surface area contributed by atoms with E-state index >= 15 is 0 Å². The molecule has 0 bridgehead atoms. The average Bonchev–Trinajstić information content (AvgIpc) is 2.99. The molecule has 26 heavy (non-hydrogen) atoms. The van der Waals surface area contributed by atoms with E-state index in [4.69, 9.17) is 4.52 Å². The lowest BCUT2D eigenvalue weighted by atomic mass is 9.92. The third-order valence-corrected chi connectivity index (χ3v) is 5.94. The third-order valence-electron chi connectivity index (χ3n) is 5.94. The van der Waals surface area contributed by atoms with Gasteiger partial charge < -0.3 is 9.42 Å². The summed E-state index contributed by atoms with van der Waals surface area (Å²) in [5, 5.41) is 4.04. The lowest BCUT2D eigenvalue weighted by Gasteiger charge is -2.36. The molecule has 5 heteroatoms. The first kappa shape index (κ1) is 17.3. The van der Waals surface area contributed by atoms with E-state index in [1.165, 1.54) is 16.7 Å². The fraction of sp³-hybridized carbons (Fsp3) is 0.524.